The average molecular weight is 717 g/mol. The highest BCUT2D eigenvalue weighted by atomic mass is 19.4. The molecule has 0 fully saturated rings. The van der Waals surface area contributed by atoms with E-state index >= 15 is 0 Å². The average Bonchev–Trinajstić information content (AvgIpc) is 3.07. The van der Waals surface area contributed by atoms with Crippen LogP contribution in [0.3, 0.4) is 0 Å². The smallest absolute Gasteiger partial charge is 0.471 e. The highest BCUT2D eigenvalue weighted by molar-refractivity contribution is 6.10. The summed E-state index contributed by atoms with van der Waals surface area (Å²) in [5, 5.41) is 9.88. The van der Waals surface area contributed by atoms with Crippen molar-refractivity contribution >= 4 is 46.4 Å². The molecule has 4 N–H and O–H groups in total. The number of nitrogens with one attached hydrogen (secondary N) is 4. The first-order valence-electron chi connectivity index (χ1n) is 16.6. The van der Waals surface area contributed by atoms with Crippen LogP contribution in [0.1, 0.15) is 81.0 Å². The normalized spacial score (nSPS) is 10.9. The van der Waals surface area contributed by atoms with Crippen molar-refractivity contribution < 1.29 is 51.3 Å². The Bertz CT molecular complexity index is 1700. The van der Waals surface area contributed by atoms with Gasteiger partial charge in [-0.1, -0.05) is 26.7 Å². The van der Waals surface area contributed by atoms with Gasteiger partial charge in [-0.25, -0.2) is 0 Å². The van der Waals surface area contributed by atoms with E-state index in [1.807, 2.05) is 13.8 Å². The van der Waals surface area contributed by atoms with Crippen molar-refractivity contribution in [2.24, 2.45) is 0 Å². The van der Waals surface area contributed by atoms with Crippen molar-refractivity contribution in [2.45, 2.75) is 66.5 Å². The largest absolute Gasteiger partial charge is 0.493 e. The third kappa shape index (κ3) is 11.8. The number of amides is 4. The molecule has 0 atom stereocenters. The maximum Gasteiger partial charge on any atom is 0.471 e. The van der Waals surface area contributed by atoms with Gasteiger partial charge < -0.3 is 40.2 Å². The van der Waals surface area contributed by atoms with Crippen molar-refractivity contribution in [1.29, 1.82) is 0 Å². The van der Waals surface area contributed by atoms with Gasteiger partial charge in [-0.05, 0) is 69.2 Å². The molecule has 3 rings (SSSR count). The molecule has 3 aromatic rings. The molecule has 51 heavy (non-hydrogen) atoms. The molecule has 0 aliphatic carbocycles. The zero-order valence-electron chi connectivity index (χ0n) is 29.2. The molecule has 0 bridgehead atoms. The minimum atomic E-state index is -5.15. The molecule has 0 spiro atoms. The fourth-order valence-corrected chi connectivity index (χ4v) is 4.57. The van der Waals surface area contributed by atoms with Crippen LogP contribution in [0.2, 0.25) is 0 Å². The Balaban J connectivity index is 2.05. The third-order valence-electron chi connectivity index (χ3n) is 6.97. The van der Waals surface area contributed by atoms with Gasteiger partial charge in [0.05, 0.1) is 48.9 Å². The van der Waals surface area contributed by atoms with Gasteiger partial charge in [0.25, 0.3) is 11.8 Å². The van der Waals surface area contributed by atoms with Crippen LogP contribution in [0.4, 0.5) is 35.9 Å². The number of rotatable bonds is 18. The summed E-state index contributed by atoms with van der Waals surface area (Å²) in [7, 11) is 0. The Morgan fingerprint density at radius 1 is 0.588 bits per heavy atom. The minimum absolute atomic E-state index is 0.0676. The van der Waals surface area contributed by atoms with Crippen molar-refractivity contribution in [3.05, 3.63) is 59.7 Å². The molecule has 12 nitrogen and oxygen atoms in total. The zero-order chi connectivity index (χ0) is 37.6. The molecule has 15 heteroatoms. The summed E-state index contributed by atoms with van der Waals surface area (Å²) in [6, 6.07) is 11.1. The van der Waals surface area contributed by atoms with Gasteiger partial charge in [0.1, 0.15) is 23.0 Å². The molecule has 0 aromatic heterocycles. The molecule has 0 radical (unpaired) electrons. The topological polar surface area (TPSA) is 153 Å². The Kier molecular flexibility index (Phi) is 14.9. The quantitative estimate of drug-likeness (QED) is 0.0973. The molecule has 0 saturated heterocycles. The molecule has 3 aromatic carbocycles. The lowest BCUT2D eigenvalue weighted by Gasteiger charge is -2.19. The fourth-order valence-electron chi connectivity index (χ4n) is 4.57. The van der Waals surface area contributed by atoms with Crippen molar-refractivity contribution in [3.63, 3.8) is 0 Å². The number of anilines is 4. The minimum Gasteiger partial charge on any atom is -0.493 e. The molecule has 0 aliphatic rings. The number of benzene rings is 3. The monoisotopic (exact) mass is 716 g/mol. The summed E-state index contributed by atoms with van der Waals surface area (Å²) in [6.45, 7) is 9.69. The second kappa shape index (κ2) is 19.1. The van der Waals surface area contributed by atoms with E-state index in [1.54, 1.807) is 31.3 Å². The number of hydrogen-bond donors (Lipinski definition) is 4. The maximum atomic E-state index is 13.8. The Morgan fingerprint density at radius 3 is 1.43 bits per heavy atom. The summed E-state index contributed by atoms with van der Waals surface area (Å²) < 4.78 is 62.1. The molecule has 4 amide bonds. The van der Waals surface area contributed by atoms with E-state index in [-0.39, 0.29) is 76.9 Å². The lowest BCUT2D eigenvalue weighted by Crippen LogP contribution is -2.30. The Labute approximate surface area is 294 Å². The summed E-state index contributed by atoms with van der Waals surface area (Å²) in [5.74, 6) is -3.24. The van der Waals surface area contributed by atoms with E-state index in [4.69, 9.17) is 18.9 Å². The SMILES string of the molecule is CCCCOc1ccc(NC(C)=O)cc1C(=O)Nc1cc(NC(=O)c2cc(NC(=O)C(F)(F)F)ccc2OCCCC)c(OCC)cc1OCC. The second-order valence-electron chi connectivity index (χ2n) is 11.1. The van der Waals surface area contributed by atoms with E-state index in [2.05, 4.69) is 16.0 Å². The van der Waals surface area contributed by atoms with Gasteiger partial charge in [-0.2, -0.15) is 13.2 Å². The highest BCUT2D eigenvalue weighted by Crippen LogP contribution is 2.38. The summed E-state index contributed by atoms with van der Waals surface area (Å²) >= 11 is 0. The number of alkyl halides is 3. The zero-order valence-corrected chi connectivity index (χ0v) is 29.2. The number of carbonyl (C=O) groups is 4. The number of carbonyl (C=O) groups excluding carboxylic acids is 4. The summed E-state index contributed by atoms with van der Waals surface area (Å²) in [4.78, 5) is 50.9. The Morgan fingerprint density at radius 2 is 1.04 bits per heavy atom. The van der Waals surface area contributed by atoms with Crippen molar-refractivity contribution in [3.8, 4) is 23.0 Å². The first kappa shape index (κ1) is 40.0. The van der Waals surface area contributed by atoms with E-state index in [9.17, 15) is 32.3 Å². The first-order valence-corrected chi connectivity index (χ1v) is 16.6. The van der Waals surface area contributed by atoms with Gasteiger partial charge in [0.15, 0.2) is 0 Å². The lowest BCUT2D eigenvalue weighted by molar-refractivity contribution is -0.167. The molecule has 276 valence electrons. The van der Waals surface area contributed by atoms with Gasteiger partial charge in [0, 0.05) is 24.4 Å². The number of halogens is 3. The summed E-state index contributed by atoms with van der Waals surface area (Å²) in [6.07, 6.45) is -2.12. The van der Waals surface area contributed by atoms with Crippen LogP contribution in [0.5, 0.6) is 23.0 Å². The second-order valence-corrected chi connectivity index (χ2v) is 11.1. The van der Waals surface area contributed by atoms with E-state index < -0.39 is 23.9 Å². The van der Waals surface area contributed by atoms with Crippen LogP contribution in [0.15, 0.2) is 48.5 Å². The first-order chi connectivity index (χ1) is 24.3. The number of ether oxygens (including phenoxy) is 4. The highest BCUT2D eigenvalue weighted by Gasteiger charge is 2.38. The lowest BCUT2D eigenvalue weighted by atomic mass is 10.1. The van der Waals surface area contributed by atoms with E-state index in [0.717, 1.165) is 25.3 Å². The number of unbranched alkanes of at least 4 members (excludes halogenated alkanes) is 2. The van der Waals surface area contributed by atoms with Crippen LogP contribution in [0, 0.1) is 0 Å². The van der Waals surface area contributed by atoms with Crippen LogP contribution < -0.4 is 40.2 Å². The Hall–Kier alpha value is -5.47. The van der Waals surface area contributed by atoms with Gasteiger partial charge in [-0.3, -0.25) is 19.2 Å². The molecule has 0 heterocycles. The molecule has 0 saturated carbocycles. The molecular weight excluding hydrogens is 673 g/mol. The van der Waals surface area contributed by atoms with Crippen molar-refractivity contribution in [2.75, 3.05) is 47.7 Å². The van der Waals surface area contributed by atoms with Crippen LogP contribution in [-0.4, -0.2) is 56.2 Å². The van der Waals surface area contributed by atoms with Crippen LogP contribution in [-0.2, 0) is 9.59 Å². The standard InChI is InChI=1S/C36H43F3N4O8/c1-6-10-16-50-29-14-12-23(40-22(5)44)18-25(29)33(45)42-27-20-28(32(49-9-4)21-31(27)48-8-3)43-34(46)26-19-24(41-35(47)36(37,38)39)13-15-30(26)51-17-11-7-2/h12-15,18-21H,6-11,16-17H2,1-5H3,(H,40,44)(H,41,47)(H,42,45)(H,43,46). The van der Waals surface area contributed by atoms with Gasteiger partial charge in [0.2, 0.25) is 5.91 Å². The predicted octanol–water partition coefficient (Wildman–Crippen LogP) is 7.81. The summed E-state index contributed by atoms with van der Waals surface area (Å²) in [5.41, 5.74) is 0.244. The number of hydrogen-bond acceptors (Lipinski definition) is 8. The van der Waals surface area contributed by atoms with Crippen LogP contribution >= 0.6 is 0 Å². The third-order valence-corrected chi connectivity index (χ3v) is 6.97. The fraction of sp³-hybridized carbons (Fsp3) is 0.389. The van der Waals surface area contributed by atoms with E-state index in [1.165, 1.54) is 37.3 Å². The van der Waals surface area contributed by atoms with E-state index in [0.29, 0.717) is 18.7 Å². The maximum absolute atomic E-state index is 13.8. The molecular formula is C36H43F3N4O8. The van der Waals surface area contributed by atoms with Gasteiger partial charge >= 0.3 is 12.1 Å². The van der Waals surface area contributed by atoms with Crippen molar-refractivity contribution in [1.82, 2.24) is 0 Å². The van der Waals surface area contributed by atoms with Crippen LogP contribution in [0.25, 0.3) is 0 Å². The molecule has 0 unspecified atom stereocenters. The predicted molar refractivity (Wildman–Crippen MR) is 187 cm³/mol. The van der Waals surface area contributed by atoms with Gasteiger partial charge in [-0.15, -0.1) is 0 Å². The molecule has 0 aliphatic heterocycles.